The van der Waals surface area contributed by atoms with E-state index in [-0.39, 0.29) is 11.5 Å². The molecule has 0 radical (unpaired) electrons. The number of halogens is 2. The molecule has 0 spiro atoms. The van der Waals surface area contributed by atoms with E-state index < -0.39 is 25.1 Å². The van der Waals surface area contributed by atoms with Gasteiger partial charge in [-0.15, -0.1) is 11.3 Å². The summed E-state index contributed by atoms with van der Waals surface area (Å²) in [6.07, 6.45) is 1.40. The van der Waals surface area contributed by atoms with Gasteiger partial charge in [0.25, 0.3) is 0 Å². The molecule has 118 valence electrons. The minimum absolute atomic E-state index is 0.0307. The van der Waals surface area contributed by atoms with Crippen molar-refractivity contribution in [2.45, 2.75) is 5.66 Å². The van der Waals surface area contributed by atoms with Crippen molar-refractivity contribution in [2.75, 3.05) is 6.61 Å². The second-order valence-electron chi connectivity index (χ2n) is 4.36. The fraction of sp³-hybridized carbons (Fsp3) is 0.154. The highest BCUT2D eigenvalue weighted by Crippen LogP contribution is 2.65. The van der Waals surface area contributed by atoms with Crippen LogP contribution in [0.5, 0.6) is 0 Å². The van der Waals surface area contributed by atoms with Crippen molar-refractivity contribution in [1.29, 1.82) is 0 Å². The summed E-state index contributed by atoms with van der Waals surface area (Å²) >= 11 is 1.05. The van der Waals surface area contributed by atoms with Gasteiger partial charge in [-0.2, -0.15) is 23.5 Å². The van der Waals surface area contributed by atoms with Gasteiger partial charge in [0.1, 0.15) is 11.5 Å². The monoisotopic (exact) mass is 349 g/mol. The van der Waals surface area contributed by atoms with Crippen LogP contribution in [0.1, 0.15) is 15.2 Å². The number of hydrogen-bond acceptors (Lipinski definition) is 6. The highest BCUT2D eigenvalue weighted by molar-refractivity contribution is 7.59. The van der Waals surface area contributed by atoms with E-state index in [0.29, 0.717) is 10.1 Å². The zero-order valence-corrected chi connectivity index (χ0v) is 12.8. The molecule has 0 amide bonds. The average molecular weight is 349 g/mol. The van der Waals surface area contributed by atoms with Gasteiger partial charge in [0.05, 0.1) is 5.56 Å². The molecule has 1 heterocycles. The SMILES string of the molecule is C=CCOC(=O)c1cc2cc(C(F)(F)[P+](O)(O)O)ccc2s1. The molecule has 0 bridgehead atoms. The van der Waals surface area contributed by atoms with Gasteiger partial charge in [0.15, 0.2) is 0 Å². The number of hydrogen-bond donors (Lipinski definition) is 3. The Hall–Kier alpha value is -1.44. The number of fused-ring (bicyclic) bond motifs is 1. The van der Waals surface area contributed by atoms with Crippen LogP contribution in [0.3, 0.4) is 0 Å². The standard InChI is InChI=1S/C13H12F2O5PS/c1-2-5-20-12(16)11-7-8-6-9(3-4-10(8)22-11)13(14,15)21(17,18)19/h2-4,6-7,17-19H,1,5H2/q+1. The lowest BCUT2D eigenvalue weighted by molar-refractivity contribution is 0.0427. The molecule has 1 aromatic carbocycles. The van der Waals surface area contributed by atoms with Crippen molar-refractivity contribution in [3.05, 3.63) is 47.4 Å². The van der Waals surface area contributed by atoms with Gasteiger partial charge in [-0.3, -0.25) is 0 Å². The van der Waals surface area contributed by atoms with Crippen LogP contribution in [0.25, 0.3) is 10.1 Å². The van der Waals surface area contributed by atoms with Crippen molar-refractivity contribution in [2.24, 2.45) is 0 Å². The number of carbonyl (C=O) groups excluding carboxylic acids is 1. The summed E-state index contributed by atoms with van der Waals surface area (Å²) < 4.78 is 32.8. The van der Waals surface area contributed by atoms with Gasteiger partial charge in [-0.1, -0.05) is 12.7 Å². The van der Waals surface area contributed by atoms with Crippen molar-refractivity contribution < 1.29 is 33.0 Å². The van der Waals surface area contributed by atoms with E-state index in [2.05, 4.69) is 6.58 Å². The summed E-state index contributed by atoms with van der Waals surface area (Å²) in [6, 6.07) is 4.63. The first-order chi connectivity index (χ1) is 10.2. The Morgan fingerprint density at radius 2 is 2.05 bits per heavy atom. The maximum Gasteiger partial charge on any atom is 0.484 e. The topological polar surface area (TPSA) is 87.0 Å². The molecular formula is C13H12F2O5PS+. The molecule has 1 aromatic heterocycles. The second kappa shape index (κ2) is 5.98. The number of alkyl halides is 2. The summed E-state index contributed by atoms with van der Waals surface area (Å²) in [5.74, 6) is -0.609. The van der Waals surface area contributed by atoms with Crippen LogP contribution >= 0.6 is 19.3 Å². The summed E-state index contributed by atoms with van der Waals surface area (Å²) in [5.41, 5.74) is -4.92. The maximum absolute atomic E-state index is 13.7. The second-order valence-corrected chi connectivity index (χ2v) is 7.14. The van der Waals surface area contributed by atoms with Crippen molar-refractivity contribution in [3.63, 3.8) is 0 Å². The smallest absolute Gasteiger partial charge is 0.457 e. The Kier molecular flexibility index (Phi) is 4.60. The fourth-order valence-corrected chi connectivity index (χ4v) is 3.13. The van der Waals surface area contributed by atoms with Crippen LogP contribution in [-0.4, -0.2) is 27.3 Å². The van der Waals surface area contributed by atoms with E-state index >= 15 is 0 Å². The van der Waals surface area contributed by atoms with Gasteiger partial charge in [-0.25, -0.2) is 4.79 Å². The number of esters is 1. The summed E-state index contributed by atoms with van der Waals surface area (Å²) in [7, 11) is -5.38. The maximum atomic E-state index is 13.7. The van der Waals surface area contributed by atoms with Crippen LogP contribution in [-0.2, 0) is 10.4 Å². The molecule has 2 aromatic rings. The fourth-order valence-electron chi connectivity index (χ4n) is 1.71. The van der Waals surface area contributed by atoms with E-state index in [9.17, 15) is 13.6 Å². The molecule has 22 heavy (non-hydrogen) atoms. The third-order valence-electron chi connectivity index (χ3n) is 2.77. The number of ether oxygens (including phenoxy) is 1. The summed E-state index contributed by atoms with van der Waals surface area (Å²) in [5, 5.41) is 0.307. The molecule has 9 heteroatoms. The minimum Gasteiger partial charge on any atom is -0.457 e. The Morgan fingerprint density at radius 3 is 2.64 bits per heavy atom. The van der Waals surface area contributed by atoms with Gasteiger partial charge in [0.2, 0.25) is 0 Å². The number of carbonyl (C=O) groups is 1. The Balaban J connectivity index is 2.40. The highest BCUT2D eigenvalue weighted by Gasteiger charge is 2.63. The van der Waals surface area contributed by atoms with Gasteiger partial charge in [-0.05, 0) is 29.7 Å². The molecule has 0 aliphatic rings. The van der Waals surface area contributed by atoms with Crippen LogP contribution in [0, 0.1) is 0 Å². The molecule has 5 nitrogen and oxygen atoms in total. The number of benzene rings is 1. The molecule has 0 aliphatic carbocycles. The average Bonchev–Trinajstić information content (AvgIpc) is 2.86. The van der Waals surface area contributed by atoms with Gasteiger partial charge < -0.3 is 4.74 Å². The zero-order chi connectivity index (χ0) is 16.5. The van der Waals surface area contributed by atoms with E-state index in [4.69, 9.17) is 19.4 Å². The first-order valence-electron chi connectivity index (χ1n) is 5.94. The quantitative estimate of drug-likeness (QED) is 0.439. The van der Waals surface area contributed by atoms with Crippen LogP contribution in [0.15, 0.2) is 36.9 Å². The lowest BCUT2D eigenvalue weighted by Gasteiger charge is -2.15. The third-order valence-corrected chi connectivity index (χ3v) is 4.88. The van der Waals surface area contributed by atoms with E-state index in [1.807, 2.05) is 0 Å². The van der Waals surface area contributed by atoms with Gasteiger partial charge in [0, 0.05) is 4.70 Å². The van der Waals surface area contributed by atoms with E-state index in [1.165, 1.54) is 18.2 Å². The van der Waals surface area contributed by atoms with Crippen LogP contribution in [0.4, 0.5) is 8.78 Å². The normalized spacial score (nSPS) is 12.4. The Labute approximate surface area is 128 Å². The first-order valence-corrected chi connectivity index (χ1v) is 8.40. The zero-order valence-electron chi connectivity index (χ0n) is 11.1. The molecule has 0 atom stereocenters. The molecule has 0 aliphatic heterocycles. The Bertz CT molecular complexity index is 723. The number of thiophene rings is 1. The summed E-state index contributed by atoms with van der Waals surface area (Å²) in [6.45, 7) is 3.44. The molecular weight excluding hydrogens is 337 g/mol. The summed E-state index contributed by atoms with van der Waals surface area (Å²) in [4.78, 5) is 38.5. The van der Waals surface area contributed by atoms with Crippen molar-refractivity contribution in [1.82, 2.24) is 0 Å². The van der Waals surface area contributed by atoms with Gasteiger partial charge >= 0.3 is 19.6 Å². The first kappa shape index (κ1) is 16.9. The minimum atomic E-state index is -5.38. The molecule has 2 rings (SSSR count). The molecule has 0 fully saturated rings. The number of rotatable bonds is 5. The van der Waals surface area contributed by atoms with Crippen molar-refractivity contribution >= 4 is 35.3 Å². The molecule has 0 saturated carbocycles. The lowest BCUT2D eigenvalue weighted by atomic mass is 10.1. The Morgan fingerprint density at radius 1 is 1.36 bits per heavy atom. The predicted octanol–water partition coefficient (Wildman–Crippen LogP) is 3.03. The largest absolute Gasteiger partial charge is 0.484 e. The molecule has 3 N–H and O–H groups in total. The van der Waals surface area contributed by atoms with E-state index in [1.54, 1.807) is 0 Å². The highest BCUT2D eigenvalue weighted by atomic mass is 32.1. The van der Waals surface area contributed by atoms with E-state index in [0.717, 1.165) is 23.5 Å². The van der Waals surface area contributed by atoms with Crippen LogP contribution < -0.4 is 0 Å². The van der Waals surface area contributed by atoms with Crippen LogP contribution in [0.2, 0.25) is 0 Å². The molecule has 0 unspecified atom stereocenters. The third kappa shape index (κ3) is 3.16. The predicted molar refractivity (Wildman–Crippen MR) is 79.8 cm³/mol. The lowest BCUT2D eigenvalue weighted by Crippen LogP contribution is -2.17. The van der Waals surface area contributed by atoms with Crippen molar-refractivity contribution in [3.8, 4) is 0 Å². The molecule has 0 saturated heterocycles.